The third kappa shape index (κ3) is 1.89. The molecule has 0 atom stereocenters. The second kappa shape index (κ2) is 3.97. The number of hydrogen-bond donors (Lipinski definition) is 1. The summed E-state index contributed by atoms with van der Waals surface area (Å²) in [5, 5.41) is 15.4. The van der Waals surface area contributed by atoms with Crippen LogP contribution in [0.15, 0.2) is 30.3 Å². The van der Waals surface area contributed by atoms with Gasteiger partial charge in [-0.3, -0.25) is 5.10 Å². The molecule has 1 N–H and O–H groups in total. The van der Waals surface area contributed by atoms with E-state index >= 15 is 0 Å². The minimum absolute atomic E-state index is 0.421. The van der Waals surface area contributed by atoms with Gasteiger partial charge in [0, 0.05) is 6.07 Å². The van der Waals surface area contributed by atoms with Crippen LogP contribution in [0.5, 0.6) is 0 Å². The molecular weight excluding hydrogens is 186 g/mol. The lowest BCUT2D eigenvalue weighted by Crippen LogP contribution is -1.81. The molecule has 0 radical (unpaired) electrons. The zero-order chi connectivity index (χ0) is 10.7. The van der Waals surface area contributed by atoms with Crippen LogP contribution in [0.3, 0.4) is 0 Å². The molecule has 0 bridgehead atoms. The summed E-state index contributed by atoms with van der Waals surface area (Å²) in [6.07, 6.45) is 1.03. The van der Waals surface area contributed by atoms with Crippen molar-refractivity contribution in [2.75, 3.05) is 0 Å². The molecule has 3 heteroatoms. The van der Waals surface area contributed by atoms with Crippen LogP contribution in [0.25, 0.3) is 11.3 Å². The fourth-order valence-corrected chi connectivity index (χ4v) is 1.45. The number of nitriles is 1. The van der Waals surface area contributed by atoms with E-state index in [-0.39, 0.29) is 0 Å². The Bertz CT molecular complexity index is 488. The number of aromatic amines is 1. The highest BCUT2D eigenvalue weighted by Crippen LogP contribution is 2.18. The van der Waals surface area contributed by atoms with Crippen LogP contribution in [0.1, 0.15) is 18.2 Å². The van der Waals surface area contributed by atoms with E-state index in [1.165, 1.54) is 5.56 Å². The minimum atomic E-state index is 0.421. The van der Waals surface area contributed by atoms with Gasteiger partial charge in [0.2, 0.25) is 0 Å². The summed E-state index contributed by atoms with van der Waals surface area (Å²) in [6, 6.07) is 12.0. The minimum Gasteiger partial charge on any atom is -0.277 e. The van der Waals surface area contributed by atoms with Gasteiger partial charge in [-0.1, -0.05) is 31.2 Å². The molecule has 0 spiro atoms. The molecule has 0 fully saturated rings. The maximum absolute atomic E-state index is 8.65. The molecule has 15 heavy (non-hydrogen) atoms. The molecule has 1 aromatic carbocycles. The van der Waals surface area contributed by atoms with E-state index in [2.05, 4.69) is 29.3 Å². The van der Waals surface area contributed by atoms with Gasteiger partial charge >= 0.3 is 0 Å². The number of aryl methyl sites for hydroxylation is 1. The Morgan fingerprint density at radius 3 is 2.60 bits per heavy atom. The summed E-state index contributed by atoms with van der Waals surface area (Å²) in [5.74, 6) is 0. The average Bonchev–Trinajstić information content (AvgIpc) is 2.78. The highest BCUT2D eigenvalue weighted by atomic mass is 15.1. The lowest BCUT2D eigenvalue weighted by Gasteiger charge is -1.98. The lowest BCUT2D eigenvalue weighted by atomic mass is 10.1. The molecule has 0 saturated carbocycles. The third-order valence-corrected chi connectivity index (χ3v) is 2.37. The molecule has 1 heterocycles. The number of aromatic nitrogens is 2. The van der Waals surface area contributed by atoms with Gasteiger partial charge in [0.15, 0.2) is 5.69 Å². The monoisotopic (exact) mass is 197 g/mol. The van der Waals surface area contributed by atoms with Crippen LogP contribution >= 0.6 is 0 Å². The predicted octanol–water partition coefficient (Wildman–Crippen LogP) is 2.51. The summed E-state index contributed by atoms with van der Waals surface area (Å²) in [6.45, 7) is 2.12. The first kappa shape index (κ1) is 9.47. The van der Waals surface area contributed by atoms with Crippen molar-refractivity contribution in [2.45, 2.75) is 13.3 Å². The molecule has 2 aromatic rings. The first-order chi connectivity index (χ1) is 7.33. The van der Waals surface area contributed by atoms with Crippen LogP contribution in [-0.2, 0) is 6.42 Å². The van der Waals surface area contributed by atoms with E-state index < -0.39 is 0 Å². The second-order valence-electron chi connectivity index (χ2n) is 3.33. The van der Waals surface area contributed by atoms with Gasteiger partial charge in [0.25, 0.3) is 0 Å². The van der Waals surface area contributed by atoms with Gasteiger partial charge in [0.1, 0.15) is 6.07 Å². The van der Waals surface area contributed by atoms with Crippen molar-refractivity contribution in [2.24, 2.45) is 0 Å². The highest BCUT2D eigenvalue weighted by molar-refractivity contribution is 5.60. The van der Waals surface area contributed by atoms with Crippen LogP contribution in [0.2, 0.25) is 0 Å². The Morgan fingerprint density at radius 2 is 2.07 bits per heavy atom. The molecule has 3 nitrogen and oxygen atoms in total. The number of hydrogen-bond acceptors (Lipinski definition) is 2. The predicted molar refractivity (Wildman–Crippen MR) is 58.1 cm³/mol. The first-order valence-corrected chi connectivity index (χ1v) is 4.88. The zero-order valence-corrected chi connectivity index (χ0v) is 8.49. The Labute approximate surface area is 88.4 Å². The largest absolute Gasteiger partial charge is 0.277 e. The van der Waals surface area contributed by atoms with Crippen LogP contribution in [-0.4, -0.2) is 10.2 Å². The Kier molecular flexibility index (Phi) is 2.51. The summed E-state index contributed by atoms with van der Waals surface area (Å²) < 4.78 is 0. The highest BCUT2D eigenvalue weighted by Gasteiger charge is 2.02. The lowest BCUT2D eigenvalue weighted by molar-refractivity contribution is 1.07. The average molecular weight is 197 g/mol. The Hall–Kier alpha value is -2.08. The molecule has 2 rings (SSSR count). The summed E-state index contributed by atoms with van der Waals surface area (Å²) in [5.41, 5.74) is 3.67. The molecule has 1 aromatic heterocycles. The molecule has 0 aliphatic carbocycles. The van der Waals surface area contributed by atoms with E-state index in [0.29, 0.717) is 5.69 Å². The fraction of sp³-hybridized carbons (Fsp3) is 0.167. The fourth-order valence-electron chi connectivity index (χ4n) is 1.45. The number of rotatable bonds is 2. The standard InChI is InChI=1S/C12H11N3/c1-2-9-3-5-10(6-4-9)12-7-11(8-13)14-15-12/h3-7H,2H2,1H3,(H,14,15). The quantitative estimate of drug-likeness (QED) is 0.804. The molecule has 0 unspecified atom stereocenters. The zero-order valence-electron chi connectivity index (χ0n) is 8.49. The van der Waals surface area contributed by atoms with Gasteiger partial charge in [-0.2, -0.15) is 10.4 Å². The van der Waals surface area contributed by atoms with Crippen LogP contribution in [0.4, 0.5) is 0 Å². The van der Waals surface area contributed by atoms with Gasteiger partial charge in [-0.25, -0.2) is 0 Å². The van der Waals surface area contributed by atoms with E-state index in [1.54, 1.807) is 6.07 Å². The molecule has 0 aliphatic rings. The first-order valence-electron chi connectivity index (χ1n) is 4.88. The van der Waals surface area contributed by atoms with E-state index in [9.17, 15) is 0 Å². The van der Waals surface area contributed by atoms with Crippen LogP contribution in [0, 0.1) is 11.3 Å². The molecule has 0 aliphatic heterocycles. The maximum atomic E-state index is 8.65. The molecule has 0 amide bonds. The number of H-pyrrole nitrogens is 1. The topological polar surface area (TPSA) is 52.5 Å². The van der Waals surface area contributed by atoms with Crippen molar-refractivity contribution >= 4 is 0 Å². The van der Waals surface area contributed by atoms with Crippen molar-refractivity contribution in [1.82, 2.24) is 10.2 Å². The van der Waals surface area contributed by atoms with E-state index in [4.69, 9.17) is 5.26 Å². The van der Waals surface area contributed by atoms with Crippen molar-refractivity contribution in [1.29, 1.82) is 5.26 Å². The van der Waals surface area contributed by atoms with Crippen LogP contribution < -0.4 is 0 Å². The van der Waals surface area contributed by atoms with Gasteiger partial charge in [0.05, 0.1) is 5.69 Å². The molecule has 0 saturated heterocycles. The number of nitrogens with one attached hydrogen (secondary N) is 1. The van der Waals surface area contributed by atoms with Gasteiger partial charge < -0.3 is 0 Å². The third-order valence-electron chi connectivity index (χ3n) is 2.37. The van der Waals surface area contributed by atoms with Crippen molar-refractivity contribution in [3.8, 4) is 17.3 Å². The Morgan fingerprint density at radius 1 is 1.33 bits per heavy atom. The summed E-state index contributed by atoms with van der Waals surface area (Å²) >= 11 is 0. The SMILES string of the molecule is CCc1ccc(-c2cc(C#N)n[nH]2)cc1. The molecular formula is C12H11N3. The smallest absolute Gasteiger partial charge is 0.162 e. The van der Waals surface area contributed by atoms with Crippen molar-refractivity contribution in [3.05, 3.63) is 41.6 Å². The summed E-state index contributed by atoms with van der Waals surface area (Å²) in [7, 11) is 0. The molecule has 74 valence electrons. The maximum Gasteiger partial charge on any atom is 0.162 e. The summed E-state index contributed by atoms with van der Waals surface area (Å²) in [4.78, 5) is 0. The number of nitrogens with zero attached hydrogens (tertiary/aromatic N) is 2. The Balaban J connectivity index is 2.33. The van der Waals surface area contributed by atoms with Crippen molar-refractivity contribution < 1.29 is 0 Å². The second-order valence-corrected chi connectivity index (χ2v) is 3.33. The normalized spacial score (nSPS) is 9.87. The number of benzene rings is 1. The van der Waals surface area contributed by atoms with E-state index in [0.717, 1.165) is 17.7 Å². The van der Waals surface area contributed by atoms with E-state index in [1.807, 2.05) is 18.2 Å². The van der Waals surface area contributed by atoms with Gasteiger partial charge in [-0.15, -0.1) is 0 Å². The van der Waals surface area contributed by atoms with Crippen molar-refractivity contribution in [3.63, 3.8) is 0 Å². The van der Waals surface area contributed by atoms with Gasteiger partial charge in [-0.05, 0) is 17.5 Å².